The van der Waals surface area contributed by atoms with Crippen molar-refractivity contribution in [2.45, 2.75) is 13.8 Å². The van der Waals surface area contributed by atoms with Crippen molar-refractivity contribution in [2.24, 2.45) is 0 Å². The minimum Gasteiger partial charge on any atom is -0.462 e. The lowest BCUT2D eigenvalue weighted by molar-refractivity contribution is -0.112. The van der Waals surface area contributed by atoms with Crippen molar-refractivity contribution < 1.29 is 28.7 Å². The van der Waals surface area contributed by atoms with Crippen LogP contribution < -0.4 is 10.2 Å². The Morgan fingerprint density at radius 1 is 0.911 bits per heavy atom. The van der Waals surface area contributed by atoms with Gasteiger partial charge < -0.3 is 19.7 Å². The number of benzene rings is 3. The van der Waals surface area contributed by atoms with Gasteiger partial charge in [0.1, 0.15) is 5.00 Å². The van der Waals surface area contributed by atoms with Gasteiger partial charge in [0.15, 0.2) is 0 Å². The van der Waals surface area contributed by atoms with Crippen LogP contribution in [0.1, 0.15) is 49.1 Å². The molecule has 9 nitrogen and oxygen atoms in total. The molecule has 10 heteroatoms. The fraction of sp³-hybridized carbons (Fsp3) is 0.200. The number of thiophene rings is 1. The molecule has 4 aromatic rings. The van der Waals surface area contributed by atoms with Crippen LogP contribution in [0.15, 0.2) is 85.1 Å². The maximum Gasteiger partial charge on any atom is 0.338 e. The highest BCUT2D eigenvalue weighted by Gasteiger charge is 2.36. The molecule has 1 N–H and O–H groups in total. The van der Waals surface area contributed by atoms with E-state index in [2.05, 4.69) is 5.32 Å². The van der Waals surface area contributed by atoms with Crippen molar-refractivity contribution >= 4 is 51.3 Å². The Kier molecular flexibility index (Phi) is 8.59. The Hall–Kier alpha value is -5.06. The number of rotatable bonds is 7. The van der Waals surface area contributed by atoms with Gasteiger partial charge in [-0.3, -0.25) is 14.4 Å². The summed E-state index contributed by atoms with van der Waals surface area (Å²) in [6, 6.07) is 22.9. The number of amides is 3. The zero-order valence-corrected chi connectivity index (χ0v) is 25.7. The lowest BCUT2D eigenvalue weighted by Crippen LogP contribution is -2.42. The zero-order chi connectivity index (χ0) is 31.5. The number of anilines is 2. The smallest absolute Gasteiger partial charge is 0.338 e. The number of esters is 1. The van der Waals surface area contributed by atoms with Crippen molar-refractivity contribution in [1.29, 1.82) is 0 Å². The second-order valence-electron chi connectivity index (χ2n) is 10.5. The Bertz CT molecular complexity index is 1810. The average molecular weight is 622 g/mol. The normalized spacial score (nSPS) is 15.6. The maximum absolute atomic E-state index is 14.0. The molecular formula is C35H31N3O6S. The van der Waals surface area contributed by atoms with Crippen molar-refractivity contribution in [3.05, 3.63) is 113 Å². The van der Waals surface area contributed by atoms with E-state index in [0.717, 1.165) is 20.9 Å². The average Bonchev–Trinajstić information content (AvgIpc) is 3.41. The van der Waals surface area contributed by atoms with Crippen LogP contribution in [0.25, 0.3) is 16.0 Å². The predicted molar refractivity (Wildman–Crippen MR) is 173 cm³/mol. The van der Waals surface area contributed by atoms with Gasteiger partial charge in [0.2, 0.25) is 0 Å². The van der Waals surface area contributed by atoms with E-state index >= 15 is 0 Å². The van der Waals surface area contributed by atoms with E-state index in [1.807, 2.05) is 37.3 Å². The van der Waals surface area contributed by atoms with Gasteiger partial charge in [0.25, 0.3) is 17.7 Å². The van der Waals surface area contributed by atoms with E-state index in [1.54, 1.807) is 54.4 Å². The van der Waals surface area contributed by atoms with Gasteiger partial charge in [0, 0.05) is 35.3 Å². The number of carbonyl (C=O) groups is 4. The van der Waals surface area contributed by atoms with E-state index in [0.29, 0.717) is 59.2 Å². The third-order valence-electron chi connectivity index (χ3n) is 7.76. The number of morpholine rings is 1. The van der Waals surface area contributed by atoms with Crippen molar-refractivity contribution in [3.63, 3.8) is 0 Å². The van der Waals surface area contributed by atoms with Crippen LogP contribution in [0.5, 0.6) is 0 Å². The number of carbonyl (C=O) groups excluding carboxylic acids is 4. The van der Waals surface area contributed by atoms with Crippen LogP contribution in [0, 0.1) is 6.92 Å². The molecule has 2 aliphatic rings. The first kappa shape index (κ1) is 30.0. The van der Waals surface area contributed by atoms with Gasteiger partial charge in [-0.15, -0.1) is 11.3 Å². The molecule has 0 radical (unpaired) electrons. The number of hydrogen-bond acceptors (Lipinski definition) is 8. The van der Waals surface area contributed by atoms with Crippen LogP contribution in [-0.4, -0.2) is 61.5 Å². The van der Waals surface area contributed by atoms with E-state index < -0.39 is 17.8 Å². The molecule has 0 aliphatic carbocycles. The summed E-state index contributed by atoms with van der Waals surface area (Å²) in [5.74, 6) is -1.60. The summed E-state index contributed by atoms with van der Waals surface area (Å²) in [5, 5.41) is 3.89. The summed E-state index contributed by atoms with van der Waals surface area (Å²) in [6.07, 6.45) is 1.57. The molecule has 3 amide bonds. The van der Waals surface area contributed by atoms with Gasteiger partial charge in [0.05, 0.1) is 42.2 Å². The Balaban J connectivity index is 1.40. The summed E-state index contributed by atoms with van der Waals surface area (Å²) in [7, 11) is 0. The molecule has 6 rings (SSSR count). The largest absolute Gasteiger partial charge is 0.462 e. The summed E-state index contributed by atoms with van der Waals surface area (Å²) in [6.45, 7) is 5.83. The Morgan fingerprint density at radius 2 is 1.58 bits per heavy atom. The van der Waals surface area contributed by atoms with Gasteiger partial charge in [-0.25, -0.2) is 9.69 Å². The molecule has 3 aromatic carbocycles. The van der Waals surface area contributed by atoms with Crippen molar-refractivity contribution in [3.8, 4) is 10.4 Å². The minimum absolute atomic E-state index is 0.107. The summed E-state index contributed by atoms with van der Waals surface area (Å²) in [5.41, 5.74) is 4.10. The maximum atomic E-state index is 14.0. The van der Waals surface area contributed by atoms with E-state index in [1.165, 1.54) is 23.5 Å². The second-order valence-corrected chi connectivity index (χ2v) is 11.5. The van der Waals surface area contributed by atoms with Gasteiger partial charge in [-0.1, -0.05) is 48.5 Å². The molecule has 0 atom stereocenters. The molecule has 3 heterocycles. The van der Waals surface area contributed by atoms with Crippen LogP contribution >= 0.6 is 11.3 Å². The first-order valence-electron chi connectivity index (χ1n) is 14.7. The molecule has 0 unspecified atom stereocenters. The molecule has 0 bridgehead atoms. The second kappa shape index (κ2) is 12.9. The number of fused-ring (bicyclic) bond motifs is 1. The summed E-state index contributed by atoms with van der Waals surface area (Å²) in [4.78, 5) is 57.5. The number of hydrogen-bond donors (Lipinski definition) is 1. The van der Waals surface area contributed by atoms with E-state index in [4.69, 9.17) is 9.47 Å². The number of ether oxygens (including phenoxy) is 2. The summed E-state index contributed by atoms with van der Waals surface area (Å²) < 4.78 is 10.5. The first-order chi connectivity index (χ1) is 21.9. The summed E-state index contributed by atoms with van der Waals surface area (Å²) >= 11 is 1.44. The van der Waals surface area contributed by atoms with Crippen LogP contribution in [0.4, 0.5) is 10.7 Å². The lowest BCUT2D eigenvalue weighted by Gasteiger charge is -2.29. The van der Waals surface area contributed by atoms with Gasteiger partial charge >= 0.3 is 5.97 Å². The van der Waals surface area contributed by atoms with Gasteiger partial charge in [-0.05, 0) is 55.3 Å². The quantitative estimate of drug-likeness (QED) is 0.153. The molecule has 1 fully saturated rings. The highest BCUT2D eigenvalue weighted by Crippen LogP contribution is 2.41. The number of imide groups is 1. The molecule has 1 saturated heterocycles. The predicted octanol–water partition coefficient (Wildman–Crippen LogP) is 6.01. The molecular weight excluding hydrogens is 590 g/mol. The third-order valence-corrected chi connectivity index (χ3v) is 9.04. The van der Waals surface area contributed by atoms with Crippen LogP contribution in [-0.2, 0) is 14.3 Å². The molecule has 228 valence electrons. The molecule has 1 aromatic heterocycles. The Morgan fingerprint density at radius 3 is 2.27 bits per heavy atom. The molecule has 2 aliphatic heterocycles. The topological polar surface area (TPSA) is 105 Å². The number of nitrogens with one attached hydrogen (secondary N) is 1. The molecule has 0 saturated carbocycles. The van der Waals surface area contributed by atoms with Crippen molar-refractivity contribution in [1.82, 2.24) is 4.90 Å². The minimum atomic E-state index is -0.535. The highest BCUT2D eigenvalue weighted by atomic mass is 32.1. The fourth-order valence-electron chi connectivity index (χ4n) is 5.49. The fourth-order valence-corrected chi connectivity index (χ4v) is 6.66. The third kappa shape index (κ3) is 5.77. The SMILES string of the molecule is CCOC(=O)c1ccc(N2C(=O)/C(=C/Nc3sc(-c4ccccc4)c(C)c3C(=O)N3CCOCC3)c3ccccc3C2=O)cc1. The molecule has 0 spiro atoms. The highest BCUT2D eigenvalue weighted by molar-refractivity contribution is 7.20. The van der Waals surface area contributed by atoms with E-state index in [9.17, 15) is 19.2 Å². The van der Waals surface area contributed by atoms with Crippen LogP contribution in [0.2, 0.25) is 0 Å². The van der Waals surface area contributed by atoms with Crippen LogP contribution in [0.3, 0.4) is 0 Å². The number of nitrogens with zero attached hydrogens (tertiary/aromatic N) is 2. The standard InChI is InChI=1S/C35H31N3O6S/c1-3-44-35(42)24-13-15-25(16-14-24)38-32(39)27-12-8-7-11-26(27)28(33(38)40)21-36-31-29(34(41)37-17-19-43-20-18-37)22(2)30(45-31)23-9-5-4-6-10-23/h4-16,21,36H,3,17-20H2,1-2H3/b28-21+. The first-order valence-corrected chi connectivity index (χ1v) is 15.5. The van der Waals surface area contributed by atoms with Gasteiger partial charge in [-0.2, -0.15) is 0 Å². The lowest BCUT2D eigenvalue weighted by atomic mass is 9.93. The molecule has 45 heavy (non-hydrogen) atoms. The van der Waals surface area contributed by atoms with Crippen molar-refractivity contribution in [2.75, 3.05) is 43.1 Å². The zero-order valence-electron chi connectivity index (χ0n) is 24.9. The van der Waals surface area contributed by atoms with E-state index in [-0.39, 0.29) is 18.1 Å². The Labute approximate surface area is 264 Å². The monoisotopic (exact) mass is 621 g/mol.